The number of hydrogen-bond acceptors (Lipinski definition) is 5. The zero-order valence-corrected chi connectivity index (χ0v) is 18.5. The predicted molar refractivity (Wildman–Crippen MR) is 123 cm³/mol. The van der Waals surface area contributed by atoms with Gasteiger partial charge in [0, 0.05) is 11.7 Å². The second-order valence-corrected chi connectivity index (χ2v) is 9.39. The summed E-state index contributed by atoms with van der Waals surface area (Å²) in [5.74, 6) is -1.32. The summed E-state index contributed by atoms with van der Waals surface area (Å²) in [4.78, 5) is 42.6. The van der Waals surface area contributed by atoms with Gasteiger partial charge in [-0.25, -0.2) is 9.59 Å². The van der Waals surface area contributed by atoms with Crippen molar-refractivity contribution in [2.75, 3.05) is 13.7 Å². The first-order valence-electron chi connectivity index (χ1n) is 10.2. The van der Waals surface area contributed by atoms with Crippen molar-refractivity contribution in [2.45, 2.75) is 12.8 Å². The quantitative estimate of drug-likeness (QED) is 0.429. The van der Waals surface area contributed by atoms with E-state index < -0.39 is 19.9 Å². The number of hydrogen-bond donors (Lipinski definition) is 0. The lowest BCUT2D eigenvalue weighted by Gasteiger charge is -2.22. The molecule has 0 aromatic heterocycles. The number of hydroxylamine groups is 2. The molecule has 4 rings (SSSR count). The second-order valence-electron chi connectivity index (χ2n) is 7.21. The van der Waals surface area contributed by atoms with E-state index in [9.17, 15) is 14.4 Å². The Labute approximate surface area is 187 Å². The van der Waals surface area contributed by atoms with Gasteiger partial charge < -0.3 is 9.57 Å². The summed E-state index contributed by atoms with van der Waals surface area (Å²) in [6, 6.07) is 24.5. The number of ether oxygens (including phenoxy) is 1. The van der Waals surface area contributed by atoms with Crippen molar-refractivity contribution in [3.8, 4) is 0 Å². The van der Waals surface area contributed by atoms with Crippen molar-refractivity contribution in [3.63, 3.8) is 0 Å². The molecule has 1 aliphatic heterocycles. The number of carbonyl (C=O) groups excluding carboxylic acids is 3. The minimum absolute atomic E-state index is 0.208. The first kappa shape index (κ1) is 21.7. The Morgan fingerprint density at radius 2 is 1.50 bits per heavy atom. The molecule has 0 bridgehead atoms. The molecule has 3 aromatic rings. The third-order valence-electron chi connectivity index (χ3n) is 5.13. The van der Waals surface area contributed by atoms with Gasteiger partial charge in [-0.05, 0) is 43.2 Å². The Morgan fingerprint density at radius 1 is 0.875 bits per heavy atom. The molecule has 0 radical (unpaired) electrons. The average molecular weight is 447 g/mol. The Balaban J connectivity index is 1.81. The summed E-state index contributed by atoms with van der Waals surface area (Å²) in [7, 11) is 0.175. The highest BCUT2D eigenvalue weighted by Gasteiger charge is 2.28. The van der Waals surface area contributed by atoms with Gasteiger partial charge in [-0.3, -0.25) is 4.79 Å². The third kappa shape index (κ3) is 4.56. The maximum atomic E-state index is 12.8. The zero-order valence-electron chi connectivity index (χ0n) is 17.6. The summed E-state index contributed by atoms with van der Waals surface area (Å²) >= 11 is 0. The Morgan fingerprint density at radius 3 is 2.03 bits per heavy atom. The topological polar surface area (TPSA) is 72.9 Å². The fraction of sp³-hybridized carbons (Fsp3) is 0.160. The molecule has 1 amide bonds. The van der Waals surface area contributed by atoms with Crippen molar-refractivity contribution in [1.29, 1.82) is 0 Å². The van der Waals surface area contributed by atoms with Crippen LogP contribution in [0.4, 0.5) is 0 Å². The third-order valence-corrected chi connectivity index (χ3v) is 7.61. The van der Waals surface area contributed by atoms with Crippen LogP contribution in [0.2, 0.25) is 0 Å². The van der Waals surface area contributed by atoms with Gasteiger partial charge in [0.1, 0.15) is 0 Å². The summed E-state index contributed by atoms with van der Waals surface area (Å²) in [6.45, 7) is 0.387. The molecule has 1 aliphatic rings. The SMILES string of the molecule is COC(=O)c1ccc(C(=O)ON2CCCC2=O)cc1P(c1ccccc1)c1ccccc1. The van der Waals surface area contributed by atoms with Crippen LogP contribution in [0.25, 0.3) is 0 Å². The lowest BCUT2D eigenvalue weighted by atomic mass is 10.1. The van der Waals surface area contributed by atoms with Crippen LogP contribution in [-0.4, -0.2) is 36.6 Å². The number of benzene rings is 3. The molecule has 0 aliphatic carbocycles. The molecule has 162 valence electrons. The Hall–Kier alpha value is -3.50. The Bertz CT molecular complexity index is 1090. The first-order chi connectivity index (χ1) is 15.6. The minimum Gasteiger partial charge on any atom is -0.465 e. The van der Waals surface area contributed by atoms with E-state index in [1.165, 1.54) is 13.2 Å². The molecular weight excluding hydrogens is 425 g/mol. The number of nitrogens with zero attached hydrogens (tertiary/aromatic N) is 1. The molecule has 0 atom stereocenters. The maximum absolute atomic E-state index is 12.8. The van der Waals surface area contributed by atoms with E-state index in [4.69, 9.17) is 9.57 Å². The van der Waals surface area contributed by atoms with Gasteiger partial charge in [-0.1, -0.05) is 60.7 Å². The van der Waals surface area contributed by atoms with Crippen LogP contribution in [0.3, 0.4) is 0 Å². The van der Waals surface area contributed by atoms with Gasteiger partial charge in [-0.2, -0.15) is 5.06 Å². The van der Waals surface area contributed by atoms with Crippen LogP contribution >= 0.6 is 7.92 Å². The Kier molecular flexibility index (Phi) is 6.62. The normalized spacial score (nSPS) is 13.3. The van der Waals surface area contributed by atoms with Crippen molar-refractivity contribution < 1.29 is 24.0 Å². The van der Waals surface area contributed by atoms with E-state index in [-0.39, 0.29) is 11.5 Å². The maximum Gasteiger partial charge on any atom is 0.363 e. The second kappa shape index (κ2) is 9.75. The lowest BCUT2D eigenvalue weighted by molar-refractivity contribution is -0.159. The highest BCUT2D eigenvalue weighted by Crippen LogP contribution is 2.34. The number of amides is 1. The average Bonchev–Trinajstić information content (AvgIpc) is 3.24. The molecule has 32 heavy (non-hydrogen) atoms. The first-order valence-corrected chi connectivity index (χ1v) is 11.6. The molecule has 0 spiro atoms. The molecular formula is C25H22NO5P. The van der Waals surface area contributed by atoms with E-state index in [0.29, 0.717) is 30.3 Å². The van der Waals surface area contributed by atoms with Crippen LogP contribution in [0.5, 0.6) is 0 Å². The van der Waals surface area contributed by atoms with Crippen molar-refractivity contribution >= 4 is 41.7 Å². The largest absolute Gasteiger partial charge is 0.465 e. The van der Waals surface area contributed by atoms with Crippen LogP contribution < -0.4 is 15.9 Å². The standard InChI is InChI=1S/C25H22NO5P/c1-30-25(29)21-15-14-18(24(28)31-26-16-8-13-23(26)27)17-22(21)32(19-9-4-2-5-10-19)20-11-6-3-7-12-20/h2-7,9-12,14-15,17H,8,13,16H2,1H3. The highest BCUT2D eigenvalue weighted by molar-refractivity contribution is 7.80. The molecule has 0 saturated carbocycles. The van der Waals surface area contributed by atoms with Gasteiger partial charge in [-0.15, -0.1) is 0 Å². The van der Waals surface area contributed by atoms with Gasteiger partial charge in [0.25, 0.3) is 5.91 Å². The fourth-order valence-corrected chi connectivity index (χ4v) is 6.05. The highest BCUT2D eigenvalue weighted by atomic mass is 31.1. The molecule has 1 heterocycles. The minimum atomic E-state index is -1.16. The van der Waals surface area contributed by atoms with Gasteiger partial charge in [0.05, 0.1) is 24.8 Å². The van der Waals surface area contributed by atoms with E-state index in [2.05, 4.69) is 0 Å². The van der Waals surface area contributed by atoms with E-state index >= 15 is 0 Å². The summed E-state index contributed by atoms with van der Waals surface area (Å²) in [5.41, 5.74) is 0.659. The van der Waals surface area contributed by atoms with Crippen molar-refractivity contribution in [2.24, 2.45) is 0 Å². The van der Waals surface area contributed by atoms with Crippen molar-refractivity contribution in [1.82, 2.24) is 5.06 Å². The lowest BCUT2D eigenvalue weighted by Crippen LogP contribution is -2.30. The van der Waals surface area contributed by atoms with Crippen LogP contribution in [-0.2, 0) is 14.4 Å². The number of esters is 1. The van der Waals surface area contributed by atoms with E-state index in [1.807, 2.05) is 60.7 Å². The molecule has 1 fully saturated rings. The number of carbonyl (C=O) groups is 3. The number of rotatable bonds is 6. The summed E-state index contributed by atoms with van der Waals surface area (Å²) in [6.07, 6.45) is 1.03. The van der Waals surface area contributed by atoms with Gasteiger partial charge in [0.2, 0.25) is 0 Å². The smallest absolute Gasteiger partial charge is 0.363 e. The zero-order chi connectivity index (χ0) is 22.5. The van der Waals surface area contributed by atoms with Gasteiger partial charge in [0.15, 0.2) is 0 Å². The summed E-state index contributed by atoms with van der Waals surface area (Å²) in [5, 5.41) is 3.84. The number of methoxy groups -OCH3 is 1. The molecule has 0 unspecified atom stereocenters. The molecule has 6 nitrogen and oxygen atoms in total. The van der Waals surface area contributed by atoms with Crippen molar-refractivity contribution in [3.05, 3.63) is 90.0 Å². The van der Waals surface area contributed by atoms with Gasteiger partial charge >= 0.3 is 11.9 Å². The van der Waals surface area contributed by atoms with Crippen LogP contribution in [0, 0.1) is 0 Å². The summed E-state index contributed by atoms with van der Waals surface area (Å²) < 4.78 is 5.02. The molecule has 1 saturated heterocycles. The van der Waals surface area contributed by atoms with E-state index in [1.54, 1.807) is 12.1 Å². The molecule has 0 N–H and O–H groups in total. The molecule has 3 aromatic carbocycles. The molecule has 7 heteroatoms. The predicted octanol–water partition coefficient (Wildman–Crippen LogP) is 2.93. The monoisotopic (exact) mass is 447 g/mol. The van der Waals surface area contributed by atoms with E-state index in [0.717, 1.165) is 15.7 Å². The van der Waals surface area contributed by atoms with Crippen LogP contribution in [0.1, 0.15) is 33.6 Å². The fourth-order valence-electron chi connectivity index (χ4n) is 3.58. The van der Waals surface area contributed by atoms with Crippen LogP contribution in [0.15, 0.2) is 78.9 Å².